The Kier molecular flexibility index (Phi) is 4.27. The molecule has 2 nitrogen and oxygen atoms in total. The SMILES string of the molecule is Cc1cc(Oc2ccc([C@@H](C)O)cc2)cc(C)c1Br. The molecular weight excluding hydrogens is 304 g/mol. The van der Waals surface area contributed by atoms with Crippen LogP contribution in [0.15, 0.2) is 40.9 Å². The van der Waals surface area contributed by atoms with E-state index >= 15 is 0 Å². The maximum Gasteiger partial charge on any atom is 0.128 e. The number of hydrogen-bond acceptors (Lipinski definition) is 2. The lowest BCUT2D eigenvalue weighted by Crippen LogP contribution is -1.91. The smallest absolute Gasteiger partial charge is 0.128 e. The van der Waals surface area contributed by atoms with E-state index in [9.17, 15) is 5.11 Å². The van der Waals surface area contributed by atoms with E-state index in [4.69, 9.17) is 4.74 Å². The molecule has 2 aromatic rings. The molecule has 2 aromatic carbocycles. The van der Waals surface area contributed by atoms with E-state index in [0.717, 1.165) is 32.7 Å². The highest BCUT2D eigenvalue weighted by molar-refractivity contribution is 9.10. The average molecular weight is 321 g/mol. The van der Waals surface area contributed by atoms with Crippen LogP contribution < -0.4 is 4.74 Å². The van der Waals surface area contributed by atoms with Gasteiger partial charge in [-0.15, -0.1) is 0 Å². The highest BCUT2D eigenvalue weighted by Crippen LogP contribution is 2.29. The number of rotatable bonds is 3. The molecule has 0 amide bonds. The topological polar surface area (TPSA) is 29.5 Å². The summed E-state index contributed by atoms with van der Waals surface area (Å²) in [5, 5.41) is 9.46. The quantitative estimate of drug-likeness (QED) is 0.870. The van der Waals surface area contributed by atoms with Gasteiger partial charge < -0.3 is 9.84 Å². The summed E-state index contributed by atoms with van der Waals surface area (Å²) in [5.41, 5.74) is 3.18. The number of hydrogen-bond donors (Lipinski definition) is 1. The first-order chi connectivity index (χ1) is 8.97. The molecule has 2 rings (SSSR count). The zero-order valence-corrected chi connectivity index (χ0v) is 12.9. The summed E-state index contributed by atoms with van der Waals surface area (Å²) in [6.07, 6.45) is -0.453. The molecule has 0 saturated carbocycles. The Morgan fingerprint density at radius 1 is 1.00 bits per heavy atom. The average Bonchev–Trinajstić information content (AvgIpc) is 2.36. The Bertz CT molecular complexity index is 551. The fraction of sp³-hybridized carbons (Fsp3) is 0.250. The van der Waals surface area contributed by atoms with Crippen LogP contribution in [0.5, 0.6) is 11.5 Å². The van der Waals surface area contributed by atoms with Gasteiger partial charge in [-0.2, -0.15) is 0 Å². The first-order valence-corrected chi connectivity index (χ1v) is 6.99. The van der Waals surface area contributed by atoms with Gasteiger partial charge in [0.1, 0.15) is 11.5 Å². The molecule has 0 heterocycles. The van der Waals surface area contributed by atoms with Crippen LogP contribution in [-0.4, -0.2) is 5.11 Å². The van der Waals surface area contributed by atoms with Gasteiger partial charge in [0.05, 0.1) is 6.10 Å². The third-order valence-electron chi connectivity index (χ3n) is 3.01. The summed E-state index contributed by atoms with van der Waals surface area (Å²) in [5.74, 6) is 1.59. The van der Waals surface area contributed by atoms with E-state index in [0.29, 0.717) is 0 Å². The standard InChI is InChI=1S/C16H17BrO2/c1-10-8-15(9-11(2)16(10)17)19-14-6-4-13(5-7-14)12(3)18/h4-9,12,18H,1-3H3/t12-/m1/s1. The lowest BCUT2D eigenvalue weighted by Gasteiger charge is -2.11. The predicted octanol–water partition coefficient (Wildman–Crippen LogP) is 4.91. The lowest BCUT2D eigenvalue weighted by molar-refractivity contribution is 0.199. The van der Waals surface area contributed by atoms with E-state index in [-0.39, 0.29) is 0 Å². The third-order valence-corrected chi connectivity index (χ3v) is 4.26. The molecule has 0 radical (unpaired) electrons. The fourth-order valence-corrected chi connectivity index (χ4v) is 2.14. The van der Waals surface area contributed by atoms with Crippen LogP contribution in [0.4, 0.5) is 0 Å². The summed E-state index contributed by atoms with van der Waals surface area (Å²) >= 11 is 3.54. The van der Waals surface area contributed by atoms with Crippen LogP contribution in [0.3, 0.4) is 0 Å². The summed E-state index contributed by atoms with van der Waals surface area (Å²) in [6.45, 7) is 5.83. The molecule has 0 aliphatic carbocycles. The Morgan fingerprint density at radius 3 is 2.00 bits per heavy atom. The molecule has 0 spiro atoms. The third kappa shape index (κ3) is 3.37. The largest absolute Gasteiger partial charge is 0.457 e. The number of benzene rings is 2. The van der Waals surface area contributed by atoms with Gasteiger partial charge in [-0.1, -0.05) is 28.1 Å². The number of aryl methyl sites for hydroxylation is 2. The highest BCUT2D eigenvalue weighted by Gasteiger charge is 2.05. The zero-order valence-electron chi connectivity index (χ0n) is 11.3. The van der Waals surface area contributed by atoms with Crippen molar-refractivity contribution in [1.29, 1.82) is 0 Å². The molecule has 1 atom stereocenters. The summed E-state index contributed by atoms with van der Waals surface area (Å²) in [7, 11) is 0. The fourth-order valence-electron chi connectivity index (χ4n) is 1.92. The summed E-state index contributed by atoms with van der Waals surface area (Å²) in [4.78, 5) is 0. The van der Waals surface area contributed by atoms with Crippen LogP contribution in [0, 0.1) is 13.8 Å². The Morgan fingerprint density at radius 2 is 1.53 bits per heavy atom. The normalized spacial score (nSPS) is 12.3. The van der Waals surface area contributed by atoms with E-state index in [1.807, 2.05) is 50.2 Å². The summed E-state index contributed by atoms with van der Waals surface area (Å²) < 4.78 is 6.94. The molecule has 1 N–H and O–H groups in total. The van der Waals surface area contributed by atoms with E-state index in [2.05, 4.69) is 15.9 Å². The Balaban J connectivity index is 2.21. The van der Waals surface area contributed by atoms with Crippen molar-refractivity contribution < 1.29 is 9.84 Å². The second-order valence-corrected chi connectivity index (χ2v) is 5.51. The molecule has 0 saturated heterocycles. The first kappa shape index (κ1) is 14.1. The molecule has 100 valence electrons. The molecule has 0 fully saturated rings. The van der Waals surface area contributed by atoms with Gasteiger partial charge >= 0.3 is 0 Å². The summed E-state index contributed by atoms with van der Waals surface area (Å²) in [6, 6.07) is 11.5. The monoisotopic (exact) mass is 320 g/mol. The molecule has 0 aromatic heterocycles. The molecule has 0 bridgehead atoms. The zero-order chi connectivity index (χ0) is 14.0. The van der Waals surface area contributed by atoms with E-state index in [1.54, 1.807) is 6.92 Å². The molecule has 0 unspecified atom stereocenters. The molecule has 19 heavy (non-hydrogen) atoms. The number of halogens is 1. The van der Waals surface area contributed by atoms with Gasteiger partial charge in [0.2, 0.25) is 0 Å². The van der Waals surface area contributed by atoms with Crippen LogP contribution in [0.1, 0.15) is 29.7 Å². The van der Waals surface area contributed by atoms with Crippen molar-refractivity contribution in [2.75, 3.05) is 0 Å². The van der Waals surface area contributed by atoms with Crippen molar-refractivity contribution in [1.82, 2.24) is 0 Å². The van der Waals surface area contributed by atoms with Crippen molar-refractivity contribution in [3.63, 3.8) is 0 Å². The maximum absolute atomic E-state index is 9.46. The van der Waals surface area contributed by atoms with E-state index in [1.165, 1.54) is 0 Å². The number of ether oxygens (including phenoxy) is 1. The van der Waals surface area contributed by atoms with E-state index < -0.39 is 6.10 Å². The van der Waals surface area contributed by atoms with Crippen molar-refractivity contribution in [2.45, 2.75) is 26.9 Å². The lowest BCUT2D eigenvalue weighted by atomic mass is 10.1. The van der Waals surface area contributed by atoms with Gasteiger partial charge in [0.25, 0.3) is 0 Å². The van der Waals surface area contributed by atoms with Gasteiger partial charge in [0, 0.05) is 4.47 Å². The number of aliphatic hydroxyl groups is 1. The maximum atomic E-state index is 9.46. The van der Waals surface area contributed by atoms with Crippen molar-refractivity contribution in [3.05, 3.63) is 57.6 Å². The van der Waals surface area contributed by atoms with Crippen LogP contribution >= 0.6 is 15.9 Å². The minimum absolute atomic E-state index is 0.453. The van der Waals surface area contributed by atoms with Gasteiger partial charge in [-0.05, 0) is 61.7 Å². The molecule has 0 aliphatic rings. The Hall–Kier alpha value is -1.32. The molecule has 3 heteroatoms. The van der Waals surface area contributed by atoms with Crippen LogP contribution in [-0.2, 0) is 0 Å². The first-order valence-electron chi connectivity index (χ1n) is 6.20. The van der Waals surface area contributed by atoms with Crippen molar-refractivity contribution in [2.24, 2.45) is 0 Å². The minimum Gasteiger partial charge on any atom is -0.457 e. The molecule has 0 aliphatic heterocycles. The Labute approximate surface area is 122 Å². The molecular formula is C16H17BrO2. The second-order valence-electron chi connectivity index (χ2n) is 4.72. The second kappa shape index (κ2) is 5.76. The van der Waals surface area contributed by atoms with Gasteiger partial charge in [0.15, 0.2) is 0 Å². The van der Waals surface area contributed by atoms with Crippen molar-refractivity contribution >= 4 is 15.9 Å². The van der Waals surface area contributed by atoms with Gasteiger partial charge in [-0.3, -0.25) is 0 Å². The van der Waals surface area contributed by atoms with Crippen molar-refractivity contribution in [3.8, 4) is 11.5 Å². The minimum atomic E-state index is -0.453. The highest BCUT2D eigenvalue weighted by atomic mass is 79.9. The predicted molar refractivity (Wildman–Crippen MR) is 80.8 cm³/mol. The van der Waals surface area contributed by atoms with Crippen LogP contribution in [0.2, 0.25) is 0 Å². The van der Waals surface area contributed by atoms with Gasteiger partial charge in [-0.25, -0.2) is 0 Å². The number of aliphatic hydroxyl groups excluding tert-OH is 1. The van der Waals surface area contributed by atoms with Crippen LogP contribution in [0.25, 0.3) is 0 Å².